The third-order valence-corrected chi connectivity index (χ3v) is 4.02. The highest BCUT2D eigenvalue weighted by Gasteiger charge is 2.42. The largest absolute Gasteiger partial charge is 0.394 e. The van der Waals surface area contributed by atoms with Crippen molar-refractivity contribution in [2.75, 3.05) is 12.4 Å². The highest BCUT2D eigenvalue weighted by molar-refractivity contribution is 8.00. The first-order valence-electron chi connectivity index (χ1n) is 4.54. The number of thiol groups is 1. The van der Waals surface area contributed by atoms with Crippen LogP contribution in [-0.4, -0.2) is 56.7 Å². The summed E-state index contributed by atoms with van der Waals surface area (Å²) in [7, 11) is 0. The lowest BCUT2D eigenvalue weighted by atomic mass is 10.0. The molecule has 0 saturated carbocycles. The SMILES string of the molecule is CCS[C@@H]1O[C@H](CO)[C@@H](O)[C@H](O)[C@H]1S. The predicted octanol–water partition coefficient (Wildman–Crippen LogP) is -0.523. The maximum atomic E-state index is 9.61. The minimum Gasteiger partial charge on any atom is -0.394 e. The van der Waals surface area contributed by atoms with Gasteiger partial charge in [-0.1, -0.05) is 6.92 Å². The molecule has 1 rings (SSSR count). The summed E-state index contributed by atoms with van der Waals surface area (Å²) < 4.78 is 5.40. The number of rotatable bonds is 3. The van der Waals surface area contributed by atoms with Crippen LogP contribution in [0.4, 0.5) is 0 Å². The summed E-state index contributed by atoms with van der Waals surface area (Å²) in [6.07, 6.45) is -2.72. The fourth-order valence-electron chi connectivity index (χ4n) is 1.37. The van der Waals surface area contributed by atoms with E-state index >= 15 is 0 Å². The average Bonchev–Trinajstić information content (AvgIpc) is 2.19. The van der Waals surface area contributed by atoms with Crippen LogP contribution < -0.4 is 0 Å². The van der Waals surface area contributed by atoms with Crippen LogP contribution in [0.1, 0.15) is 6.92 Å². The van der Waals surface area contributed by atoms with Crippen LogP contribution in [0.3, 0.4) is 0 Å². The lowest BCUT2D eigenvalue weighted by molar-refractivity contribution is -0.152. The van der Waals surface area contributed by atoms with Crippen molar-refractivity contribution in [3.63, 3.8) is 0 Å². The zero-order chi connectivity index (χ0) is 10.7. The Kier molecular flexibility index (Phi) is 5.02. The van der Waals surface area contributed by atoms with Crippen LogP contribution in [0, 0.1) is 0 Å². The Labute approximate surface area is 93.1 Å². The highest BCUT2D eigenvalue weighted by Crippen LogP contribution is 2.31. The van der Waals surface area contributed by atoms with Gasteiger partial charge >= 0.3 is 0 Å². The number of ether oxygens (including phenoxy) is 1. The van der Waals surface area contributed by atoms with E-state index in [4.69, 9.17) is 9.84 Å². The summed E-state index contributed by atoms with van der Waals surface area (Å²) >= 11 is 5.69. The molecule has 1 saturated heterocycles. The molecule has 0 aliphatic carbocycles. The lowest BCUT2D eigenvalue weighted by Gasteiger charge is -2.40. The fraction of sp³-hybridized carbons (Fsp3) is 1.00. The molecule has 0 radical (unpaired) electrons. The second-order valence-electron chi connectivity index (χ2n) is 3.15. The van der Waals surface area contributed by atoms with Gasteiger partial charge < -0.3 is 20.1 Å². The van der Waals surface area contributed by atoms with E-state index in [2.05, 4.69) is 12.6 Å². The molecule has 3 N–H and O–H groups in total. The van der Waals surface area contributed by atoms with Crippen molar-refractivity contribution in [1.29, 1.82) is 0 Å². The molecular formula is C8H16O4S2. The number of hydrogen-bond acceptors (Lipinski definition) is 6. The Bertz CT molecular complexity index is 177. The second-order valence-corrected chi connectivity index (χ2v) is 5.12. The molecule has 1 heterocycles. The molecule has 0 aromatic carbocycles. The molecule has 1 aliphatic heterocycles. The van der Waals surface area contributed by atoms with Gasteiger partial charge in [-0.3, -0.25) is 0 Å². The predicted molar refractivity (Wildman–Crippen MR) is 58.7 cm³/mol. The summed E-state index contributed by atoms with van der Waals surface area (Å²) in [6, 6.07) is 0. The van der Waals surface area contributed by atoms with Crippen molar-refractivity contribution in [3.05, 3.63) is 0 Å². The number of aliphatic hydroxyl groups excluding tert-OH is 3. The molecule has 0 unspecified atom stereocenters. The van der Waals surface area contributed by atoms with Crippen molar-refractivity contribution < 1.29 is 20.1 Å². The normalized spacial score (nSPS) is 43.9. The van der Waals surface area contributed by atoms with Crippen molar-refractivity contribution in [2.45, 2.75) is 35.9 Å². The first-order valence-corrected chi connectivity index (χ1v) is 6.10. The molecule has 0 amide bonds. The van der Waals surface area contributed by atoms with E-state index in [9.17, 15) is 10.2 Å². The minimum absolute atomic E-state index is 0.279. The van der Waals surface area contributed by atoms with Crippen molar-refractivity contribution in [3.8, 4) is 0 Å². The molecule has 1 aliphatic rings. The maximum Gasteiger partial charge on any atom is 0.118 e. The Hall–Kier alpha value is 0.540. The number of aliphatic hydroxyl groups is 3. The summed E-state index contributed by atoms with van der Waals surface area (Å²) in [5.74, 6) is 0.836. The molecule has 4 nitrogen and oxygen atoms in total. The van der Waals surface area contributed by atoms with Gasteiger partial charge in [0.15, 0.2) is 0 Å². The third kappa shape index (κ3) is 2.56. The smallest absolute Gasteiger partial charge is 0.118 e. The number of hydrogen-bond donors (Lipinski definition) is 4. The van der Waals surface area contributed by atoms with Gasteiger partial charge in [0.05, 0.1) is 18.0 Å². The van der Waals surface area contributed by atoms with Crippen molar-refractivity contribution in [2.24, 2.45) is 0 Å². The van der Waals surface area contributed by atoms with Crippen molar-refractivity contribution in [1.82, 2.24) is 0 Å². The molecule has 6 heteroatoms. The van der Waals surface area contributed by atoms with E-state index in [1.165, 1.54) is 11.8 Å². The topological polar surface area (TPSA) is 69.9 Å². The molecule has 5 atom stereocenters. The molecule has 84 valence electrons. The highest BCUT2D eigenvalue weighted by atomic mass is 32.2. The zero-order valence-corrected chi connectivity index (χ0v) is 9.62. The monoisotopic (exact) mass is 240 g/mol. The van der Waals surface area contributed by atoms with Crippen LogP contribution in [0.2, 0.25) is 0 Å². The Morgan fingerprint density at radius 1 is 1.36 bits per heavy atom. The summed E-state index contributed by atoms with van der Waals surface area (Å²) in [6.45, 7) is 1.68. The Morgan fingerprint density at radius 2 is 2.00 bits per heavy atom. The van der Waals surface area contributed by atoms with Gasteiger partial charge in [0.1, 0.15) is 17.6 Å². The van der Waals surface area contributed by atoms with E-state index < -0.39 is 23.6 Å². The van der Waals surface area contributed by atoms with Crippen molar-refractivity contribution >= 4 is 24.4 Å². The molecule has 14 heavy (non-hydrogen) atoms. The first kappa shape index (κ1) is 12.6. The molecule has 0 bridgehead atoms. The summed E-state index contributed by atoms with van der Waals surface area (Å²) in [4.78, 5) is 0. The summed E-state index contributed by atoms with van der Waals surface area (Å²) in [5, 5.41) is 27.6. The quantitative estimate of drug-likeness (QED) is 0.500. The lowest BCUT2D eigenvalue weighted by Crippen LogP contribution is -2.55. The van der Waals surface area contributed by atoms with Crippen LogP contribution in [0.15, 0.2) is 0 Å². The fourth-order valence-corrected chi connectivity index (χ4v) is 2.78. The molecular weight excluding hydrogens is 224 g/mol. The van der Waals surface area contributed by atoms with Gasteiger partial charge in [0, 0.05) is 0 Å². The van der Waals surface area contributed by atoms with E-state index in [-0.39, 0.29) is 12.0 Å². The van der Waals surface area contributed by atoms with Gasteiger partial charge in [0.25, 0.3) is 0 Å². The second kappa shape index (κ2) is 5.58. The molecule has 0 aromatic heterocycles. The summed E-state index contributed by atoms with van der Waals surface area (Å²) in [5.41, 5.74) is -0.279. The van der Waals surface area contributed by atoms with E-state index in [1.54, 1.807) is 0 Å². The van der Waals surface area contributed by atoms with Gasteiger partial charge in [-0.25, -0.2) is 0 Å². The Balaban J connectivity index is 2.63. The number of thioether (sulfide) groups is 1. The van der Waals surface area contributed by atoms with Crippen LogP contribution >= 0.6 is 24.4 Å². The van der Waals surface area contributed by atoms with Crippen LogP contribution in [0.5, 0.6) is 0 Å². The molecule has 0 spiro atoms. The van der Waals surface area contributed by atoms with Crippen LogP contribution in [-0.2, 0) is 4.74 Å². The minimum atomic E-state index is -1.06. The van der Waals surface area contributed by atoms with E-state index in [0.29, 0.717) is 0 Å². The van der Waals surface area contributed by atoms with Crippen LogP contribution in [0.25, 0.3) is 0 Å². The molecule has 1 fully saturated rings. The Morgan fingerprint density at radius 3 is 2.50 bits per heavy atom. The van der Waals surface area contributed by atoms with Gasteiger partial charge in [-0.05, 0) is 5.75 Å². The van der Waals surface area contributed by atoms with Gasteiger partial charge in [-0.15, -0.1) is 11.8 Å². The van der Waals surface area contributed by atoms with E-state index in [0.717, 1.165) is 5.75 Å². The third-order valence-electron chi connectivity index (χ3n) is 2.18. The van der Waals surface area contributed by atoms with E-state index in [1.807, 2.05) is 6.92 Å². The average molecular weight is 240 g/mol. The van der Waals surface area contributed by atoms with Gasteiger partial charge in [0.2, 0.25) is 0 Å². The standard InChI is InChI=1S/C8H16O4S2/c1-2-14-8-7(13)6(11)5(10)4(3-9)12-8/h4-11,13H,2-3H2,1H3/t4-,5-,6+,7-,8+/m1/s1. The van der Waals surface area contributed by atoms with Gasteiger partial charge in [-0.2, -0.15) is 12.6 Å². The first-order chi connectivity index (χ1) is 6.61. The maximum absolute atomic E-state index is 9.61. The molecule has 0 aromatic rings. The zero-order valence-electron chi connectivity index (χ0n) is 7.91.